The van der Waals surface area contributed by atoms with Crippen molar-refractivity contribution >= 4 is 35.0 Å². The number of halogens is 5. The molecule has 2 N–H and O–H groups in total. The van der Waals surface area contributed by atoms with E-state index in [2.05, 4.69) is 0 Å². The second kappa shape index (κ2) is 6.86. The van der Waals surface area contributed by atoms with Crippen molar-refractivity contribution in [2.45, 2.75) is 19.2 Å². The fraction of sp³-hybridized carbons (Fsp3) is 0.273. The minimum absolute atomic E-state index is 0.117. The lowest BCUT2D eigenvalue weighted by molar-refractivity contribution is -0.175. The van der Waals surface area contributed by atoms with Gasteiger partial charge in [-0.2, -0.15) is 13.2 Å². The molecule has 0 aromatic heterocycles. The number of nitrogens with one attached hydrogen (secondary N) is 2. The summed E-state index contributed by atoms with van der Waals surface area (Å²) in [4.78, 5) is 22.0. The smallest absolute Gasteiger partial charge is 0.472 e. The number of benzene rings is 1. The SMILES string of the molecule is CC(Oc1ccc(Cl)cc1Cl)C(=O)NNC(=O)C(F)(F)F. The van der Waals surface area contributed by atoms with Crippen LogP contribution in [-0.4, -0.2) is 24.1 Å². The topological polar surface area (TPSA) is 67.4 Å². The molecule has 1 rings (SSSR count). The summed E-state index contributed by atoms with van der Waals surface area (Å²) in [6, 6.07) is 4.22. The predicted octanol–water partition coefficient (Wildman–Crippen LogP) is 2.47. The minimum Gasteiger partial charge on any atom is -0.479 e. The maximum atomic E-state index is 11.9. The first kappa shape index (κ1) is 17.4. The molecule has 2 amide bonds. The van der Waals surface area contributed by atoms with Gasteiger partial charge in [-0.15, -0.1) is 0 Å². The third-order valence-corrected chi connectivity index (χ3v) is 2.65. The van der Waals surface area contributed by atoms with Gasteiger partial charge in [0.05, 0.1) is 5.02 Å². The Kier molecular flexibility index (Phi) is 5.68. The number of hydrazine groups is 1. The summed E-state index contributed by atoms with van der Waals surface area (Å²) in [5.74, 6) is -3.17. The van der Waals surface area contributed by atoms with E-state index in [1.54, 1.807) is 5.43 Å². The normalized spacial score (nSPS) is 12.5. The lowest BCUT2D eigenvalue weighted by Gasteiger charge is -2.16. The largest absolute Gasteiger partial charge is 0.479 e. The highest BCUT2D eigenvalue weighted by Gasteiger charge is 2.39. The van der Waals surface area contributed by atoms with E-state index in [0.717, 1.165) is 0 Å². The van der Waals surface area contributed by atoms with Crippen LogP contribution in [0.5, 0.6) is 5.75 Å². The van der Waals surface area contributed by atoms with Gasteiger partial charge in [0.1, 0.15) is 5.75 Å². The monoisotopic (exact) mass is 344 g/mol. The predicted molar refractivity (Wildman–Crippen MR) is 68.9 cm³/mol. The number of amides is 2. The van der Waals surface area contributed by atoms with Gasteiger partial charge in [0.2, 0.25) is 0 Å². The first-order valence-electron chi connectivity index (χ1n) is 5.40. The van der Waals surface area contributed by atoms with E-state index >= 15 is 0 Å². The lowest BCUT2D eigenvalue weighted by Crippen LogP contribution is -2.51. The number of ether oxygens (including phenoxy) is 1. The average Bonchev–Trinajstić information content (AvgIpc) is 2.37. The Morgan fingerprint density at radius 2 is 1.86 bits per heavy atom. The Labute approximate surface area is 127 Å². The van der Waals surface area contributed by atoms with Gasteiger partial charge in [0, 0.05) is 5.02 Å². The highest BCUT2D eigenvalue weighted by molar-refractivity contribution is 6.35. The lowest BCUT2D eigenvalue weighted by atomic mass is 10.3. The van der Waals surface area contributed by atoms with Gasteiger partial charge in [-0.1, -0.05) is 23.2 Å². The Balaban J connectivity index is 2.57. The number of carbonyl (C=O) groups excluding carboxylic acids is 2. The molecule has 0 aliphatic carbocycles. The Morgan fingerprint density at radius 1 is 1.24 bits per heavy atom. The third kappa shape index (κ3) is 5.31. The molecule has 0 saturated heterocycles. The molecule has 1 aromatic rings. The van der Waals surface area contributed by atoms with E-state index in [4.69, 9.17) is 27.9 Å². The van der Waals surface area contributed by atoms with Gasteiger partial charge in [0.25, 0.3) is 5.91 Å². The van der Waals surface area contributed by atoms with E-state index in [9.17, 15) is 22.8 Å². The minimum atomic E-state index is -5.10. The van der Waals surface area contributed by atoms with Crippen molar-refractivity contribution in [3.05, 3.63) is 28.2 Å². The van der Waals surface area contributed by atoms with Crippen LogP contribution >= 0.6 is 23.2 Å². The zero-order chi connectivity index (χ0) is 16.2. The molecule has 21 heavy (non-hydrogen) atoms. The number of hydrogen-bond acceptors (Lipinski definition) is 3. The Bertz CT molecular complexity index is 552. The molecule has 0 spiro atoms. The molecule has 1 unspecified atom stereocenters. The van der Waals surface area contributed by atoms with E-state index in [1.165, 1.54) is 30.5 Å². The Morgan fingerprint density at radius 3 is 2.38 bits per heavy atom. The quantitative estimate of drug-likeness (QED) is 0.827. The number of alkyl halides is 3. The van der Waals surface area contributed by atoms with E-state index < -0.39 is 24.1 Å². The fourth-order valence-corrected chi connectivity index (χ4v) is 1.56. The summed E-state index contributed by atoms with van der Waals surface area (Å²) in [5.41, 5.74) is 2.80. The summed E-state index contributed by atoms with van der Waals surface area (Å²) in [7, 11) is 0. The van der Waals surface area contributed by atoms with Crippen molar-refractivity contribution < 1.29 is 27.5 Å². The highest BCUT2D eigenvalue weighted by Crippen LogP contribution is 2.28. The summed E-state index contributed by atoms with van der Waals surface area (Å²) < 4.78 is 40.9. The molecule has 0 radical (unpaired) electrons. The van der Waals surface area contributed by atoms with Gasteiger partial charge in [0.15, 0.2) is 6.10 Å². The molecule has 116 valence electrons. The van der Waals surface area contributed by atoms with Crippen LogP contribution in [0.2, 0.25) is 10.0 Å². The molecule has 5 nitrogen and oxygen atoms in total. The van der Waals surface area contributed by atoms with Crippen molar-refractivity contribution in [2.24, 2.45) is 0 Å². The van der Waals surface area contributed by atoms with Crippen molar-refractivity contribution in [2.75, 3.05) is 0 Å². The molecular formula is C11H9Cl2F3N2O3. The number of rotatable bonds is 3. The van der Waals surface area contributed by atoms with E-state index in [-0.39, 0.29) is 10.8 Å². The fourth-order valence-electron chi connectivity index (χ4n) is 1.11. The van der Waals surface area contributed by atoms with Crippen LogP contribution in [0.3, 0.4) is 0 Å². The van der Waals surface area contributed by atoms with Crippen LogP contribution in [0.25, 0.3) is 0 Å². The summed E-state index contributed by atoms with van der Waals surface area (Å²) in [6.45, 7) is 1.26. The molecule has 0 aliphatic rings. The standard InChI is InChI=1S/C11H9Cl2F3N2O3/c1-5(9(19)17-18-10(20)11(14,15)16)21-8-3-2-6(12)4-7(8)13/h2-5H,1H3,(H,17,19)(H,18,20). The maximum Gasteiger partial charge on any atom is 0.472 e. The molecule has 0 saturated carbocycles. The molecule has 0 bridgehead atoms. The van der Waals surface area contributed by atoms with Crippen molar-refractivity contribution in [3.8, 4) is 5.75 Å². The zero-order valence-corrected chi connectivity index (χ0v) is 11.9. The molecule has 0 heterocycles. The molecule has 1 atom stereocenters. The first-order chi connectivity index (χ1) is 9.61. The first-order valence-corrected chi connectivity index (χ1v) is 6.15. The molecule has 10 heteroatoms. The van der Waals surface area contributed by atoms with Crippen LogP contribution in [0.4, 0.5) is 13.2 Å². The molecule has 0 fully saturated rings. The van der Waals surface area contributed by atoms with E-state index in [1.807, 2.05) is 0 Å². The van der Waals surface area contributed by atoms with Crippen LogP contribution in [0.1, 0.15) is 6.92 Å². The maximum absolute atomic E-state index is 11.9. The van der Waals surface area contributed by atoms with Gasteiger partial charge in [-0.25, -0.2) is 0 Å². The third-order valence-electron chi connectivity index (χ3n) is 2.12. The van der Waals surface area contributed by atoms with E-state index in [0.29, 0.717) is 5.02 Å². The van der Waals surface area contributed by atoms with Gasteiger partial charge in [-0.05, 0) is 25.1 Å². The zero-order valence-electron chi connectivity index (χ0n) is 10.4. The van der Waals surface area contributed by atoms with Gasteiger partial charge in [-0.3, -0.25) is 20.4 Å². The van der Waals surface area contributed by atoms with Crippen molar-refractivity contribution in [3.63, 3.8) is 0 Å². The second-order valence-electron chi connectivity index (χ2n) is 3.78. The van der Waals surface area contributed by atoms with Crippen molar-refractivity contribution in [1.29, 1.82) is 0 Å². The number of hydrogen-bond donors (Lipinski definition) is 2. The highest BCUT2D eigenvalue weighted by atomic mass is 35.5. The Hall–Kier alpha value is -1.67. The van der Waals surface area contributed by atoms with Gasteiger partial charge >= 0.3 is 12.1 Å². The second-order valence-corrected chi connectivity index (χ2v) is 4.62. The van der Waals surface area contributed by atoms with Crippen LogP contribution in [0, 0.1) is 0 Å². The number of carbonyl (C=O) groups is 2. The summed E-state index contributed by atoms with van der Waals surface area (Å²) in [6.07, 6.45) is -6.30. The van der Waals surface area contributed by atoms with Gasteiger partial charge < -0.3 is 4.74 Å². The average molecular weight is 345 g/mol. The molecule has 0 aliphatic heterocycles. The van der Waals surface area contributed by atoms with Crippen molar-refractivity contribution in [1.82, 2.24) is 10.9 Å². The molecular weight excluding hydrogens is 336 g/mol. The summed E-state index contributed by atoms with van der Waals surface area (Å²) in [5, 5.41) is 0.475. The van der Waals surface area contributed by atoms with Crippen LogP contribution in [0.15, 0.2) is 18.2 Å². The van der Waals surface area contributed by atoms with Crippen LogP contribution in [-0.2, 0) is 9.59 Å². The van der Waals surface area contributed by atoms with Crippen LogP contribution < -0.4 is 15.6 Å². The summed E-state index contributed by atoms with van der Waals surface area (Å²) >= 11 is 11.5. The molecule has 1 aromatic carbocycles.